The summed E-state index contributed by atoms with van der Waals surface area (Å²) in [6.45, 7) is 1.45. The standard InChI is InChI=1S/C19H14O6/c1-19(23-11-6-3-2-4-7-11)24-15-10-13-12(8-5-9-14(13)20)17(21)16(15)18(22)25-19/h2-10,20-21H,1H3. The van der Waals surface area contributed by atoms with Crippen molar-refractivity contribution in [2.75, 3.05) is 0 Å². The van der Waals surface area contributed by atoms with Crippen molar-refractivity contribution in [2.24, 2.45) is 0 Å². The van der Waals surface area contributed by atoms with Crippen LogP contribution in [0.3, 0.4) is 0 Å². The van der Waals surface area contributed by atoms with Gasteiger partial charge in [0.15, 0.2) is 0 Å². The predicted molar refractivity (Wildman–Crippen MR) is 88.8 cm³/mol. The Labute approximate surface area is 142 Å². The molecule has 0 bridgehead atoms. The molecule has 0 amide bonds. The predicted octanol–water partition coefficient (Wildman–Crippen LogP) is 3.55. The van der Waals surface area contributed by atoms with Crippen molar-refractivity contribution in [3.63, 3.8) is 0 Å². The van der Waals surface area contributed by atoms with E-state index in [-0.39, 0.29) is 22.8 Å². The van der Waals surface area contributed by atoms with E-state index in [0.717, 1.165) is 0 Å². The number of aromatic hydroxyl groups is 2. The van der Waals surface area contributed by atoms with Gasteiger partial charge in [0.05, 0.1) is 6.92 Å². The first-order chi connectivity index (χ1) is 12.0. The van der Waals surface area contributed by atoms with Gasteiger partial charge in [-0.2, -0.15) is 0 Å². The summed E-state index contributed by atoms with van der Waals surface area (Å²) in [5.74, 6) is -2.30. The fraction of sp³-hybridized carbons (Fsp3) is 0.105. The number of para-hydroxylation sites is 1. The minimum Gasteiger partial charge on any atom is -0.507 e. The summed E-state index contributed by atoms with van der Waals surface area (Å²) >= 11 is 0. The van der Waals surface area contributed by atoms with Gasteiger partial charge in [-0.1, -0.05) is 30.3 Å². The molecule has 1 aliphatic heterocycles. The zero-order chi connectivity index (χ0) is 17.6. The minimum absolute atomic E-state index is 0.0381. The number of cyclic esters (lactones) is 1. The highest BCUT2D eigenvalue weighted by molar-refractivity contribution is 6.06. The zero-order valence-corrected chi connectivity index (χ0v) is 13.2. The highest BCUT2D eigenvalue weighted by Gasteiger charge is 2.43. The van der Waals surface area contributed by atoms with Crippen LogP contribution in [0.2, 0.25) is 0 Å². The van der Waals surface area contributed by atoms with E-state index in [1.165, 1.54) is 19.1 Å². The summed E-state index contributed by atoms with van der Waals surface area (Å²) in [7, 11) is 0. The number of carbonyl (C=O) groups is 1. The number of carbonyl (C=O) groups excluding carboxylic acids is 1. The molecule has 6 heteroatoms. The maximum Gasteiger partial charge on any atom is 0.416 e. The van der Waals surface area contributed by atoms with Crippen LogP contribution in [0.15, 0.2) is 54.6 Å². The summed E-state index contributed by atoms with van der Waals surface area (Å²) in [6.07, 6.45) is 0. The van der Waals surface area contributed by atoms with Crippen molar-refractivity contribution in [1.82, 2.24) is 0 Å². The van der Waals surface area contributed by atoms with Crippen molar-refractivity contribution in [3.05, 3.63) is 60.2 Å². The smallest absolute Gasteiger partial charge is 0.416 e. The molecule has 0 aromatic heterocycles. The normalized spacial score (nSPS) is 19.0. The number of phenols is 2. The monoisotopic (exact) mass is 338 g/mol. The second-order valence-corrected chi connectivity index (χ2v) is 5.74. The fourth-order valence-corrected chi connectivity index (χ4v) is 2.83. The van der Waals surface area contributed by atoms with Crippen LogP contribution in [0.25, 0.3) is 10.8 Å². The van der Waals surface area contributed by atoms with Gasteiger partial charge in [0.2, 0.25) is 0 Å². The third kappa shape index (κ3) is 2.48. The molecule has 1 atom stereocenters. The fourth-order valence-electron chi connectivity index (χ4n) is 2.83. The Morgan fingerprint density at radius 3 is 2.48 bits per heavy atom. The number of fused-ring (bicyclic) bond motifs is 2. The number of hydrogen-bond acceptors (Lipinski definition) is 6. The van der Waals surface area contributed by atoms with Gasteiger partial charge < -0.3 is 24.4 Å². The summed E-state index contributed by atoms with van der Waals surface area (Å²) in [5.41, 5.74) is -0.104. The number of phenolic OH excluding ortho intramolecular Hbond substituents is 2. The van der Waals surface area contributed by atoms with Crippen LogP contribution in [0.4, 0.5) is 0 Å². The Hall–Kier alpha value is -3.41. The molecule has 0 radical (unpaired) electrons. The molecule has 6 nitrogen and oxygen atoms in total. The van der Waals surface area contributed by atoms with Gasteiger partial charge in [0.1, 0.15) is 28.6 Å². The molecule has 0 saturated heterocycles. The third-order valence-corrected chi connectivity index (χ3v) is 3.92. The van der Waals surface area contributed by atoms with Gasteiger partial charge in [-0.3, -0.25) is 0 Å². The number of rotatable bonds is 2. The average molecular weight is 338 g/mol. The van der Waals surface area contributed by atoms with Crippen molar-refractivity contribution < 1.29 is 29.2 Å². The first-order valence-corrected chi connectivity index (χ1v) is 7.61. The second-order valence-electron chi connectivity index (χ2n) is 5.74. The van der Waals surface area contributed by atoms with Crippen LogP contribution in [0.1, 0.15) is 17.3 Å². The Kier molecular flexibility index (Phi) is 3.21. The van der Waals surface area contributed by atoms with Gasteiger partial charge in [-0.25, -0.2) is 4.79 Å². The van der Waals surface area contributed by atoms with Crippen molar-refractivity contribution in [2.45, 2.75) is 12.9 Å². The molecule has 126 valence electrons. The van der Waals surface area contributed by atoms with E-state index in [4.69, 9.17) is 14.2 Å². The van der Waals surface area contributed by atoms with Crippen molar-refractivity contribution >= 4 is 16.7 Å². The van der Waals surface area contributed by atoms with E-state index in [1.54, 1.807) is 36.4 Å². The van der Waals surface area contributed by atoms with Crippen LogP contribution < -0.4 is 9.47 Å². The lowest BCUT2D eigenvalue weighted by atomic mass is 10.0. The lowest BCUT2D eigenvalue weighted by molar-refractivity contribution is -0.263. The molecule has 0 saturated carbocycles. The first-order valence-electron chi connectivity index (χ1n) is 7.61. The summed E-state index contributed by atoms with van der Waals surface area (Å²) in [6, 6.07) is 14.9. The second kappa shape index (κ2) is 5.31. The molecule has 0 spiro atoms. The van der Waals surface area contributed by atoms with Gasteiger partial charge in [0.25, 0.3) is 0 Å². The number of benzene rings is 3. The zero-order valence-electron chi connectivity index (χ0n) is 13.2. The molecular weight excluding hydrogens is 324 g/mol. The van der Waals surface area contributed by atoms with E-state index in [9.17, 15) is 15.0 Å². The Morgan fingerprint density at radius 2 is 1.72 bits per heavy atom. The van der Waals surface area contributed by atoms with Crippen molar-refractivity contribution in [1.29, 1.82) is 0 Å². The Morgan fingerprint density at radius 1 is 0.960 bits per heavy atom. The maximum absolute atomic E-state index is 12.4. The van der Waals surface area contributed by atoms with Crippen LogP contribution in [-0.4, -0.2) is 22.2 Å². The first kappa shape index (κ1) is 15.1. The molecular formula is C19H14O6. The maximum atomic E-state index is 12.4. The number of ether oxygens (including phenoxy) is 3. The molecule has 25 heavy (non-hydrogen) atoms. The van der Waals surface area contributed by atoms with Gasteiger partial charge in [0, 0.05) is 10.8 Å². The van der Waals surface area contributed by atoms with Crippen LogP contribution >= 0.6 is 0 Å². The highest BCUT2D eigenvalue weighted by atomic mass is 16.9. The molecule has 1 aliphatic rings. The van der Waals surface area contributed by atoms with Crippen LogP contribution in [0, 0.1) is 0 Å². The molecule has 4 rings (SSSR count). The van der Waals surface area contributed by atoms with E-state index >= 15 is 0 Å². The molecule has 3 aromatic carbocycles. The summed E-state index contributed by atoms with van der Waals surface area (Å²) < 4.78 is 16.6. The van der Waals surface area contributed by atoms with Gasteiger partial charge >= 0.3 is 11.9 Å². The quantitative estimate of drug-likeness (QED) is 0.695. The molecule has 3 aromatic rings. The average Bonchev–Trinajstić information content (AvgIpc) is 2.56. The molecule has 0 aliphatic carbocycles. The van der Waals surface area contributed by atoms with Gasteiger partial charge in [-0.15, -0.1) is 0 Å². The molecule has 0 fully saturated rings. The van der Waals surface area contributed by atoms with E-state index in [1.807, 2.05) is 6.07 Å². The molecule has 1 unspecified atom stereocenters. The minimum atomic E-state index is -1.70. The molecule has 2 N–H and O–H groups in total. The largest absolute Gasteiger partial charge is 0.507 e. The third-order valence-electron chi connectivity index (χ3n) is 3.92. The lowest BCUT2D eigenvalue weighted by Crippen LogP contribution is -2.47. The van der Waals surface area contributed by atoms with E-state index in [2.05, 4.69) is 0 Å². The summed E-state index contributed by atoms with van der Waals surface area (Å²) in [4.78, 5) is 12.4. The topological polar surface area (TPSA) is 85.2 Å². The van der Waals surface area contributed by atoms with Gasteiger partial charge in [-0.05, 0) is 24.3 Å². The van der Waals surface area contributed by atoms with E-state index in [0.29, 0.717) is 16.5 Å². The SMILES string of the molecule is CC1(Oc2ccccc2)OC(=O)c2c(cc3c(O)cccc3c2O)O1. The Bertz CT molecular complexity index is 982. The molecule has 1 heterocycles. The number of esters is 1. The van der Waals surface area contributed by atoms with E-state index < -0.39 is 11.9 Å². The summed E-state index contributed by atoms with van der Waals surface area (Å²) in [5, 5.41) is 21.1. The highest BCUT2D eigenvalue weighted by Crippen LogP contribution is 2.44. The van der Waals surface area contributed by atoms with Crippen LogP contribution in [-0.2, 0) is 4.74 Å². The number of hydrogen-bond donors (Lipinski definition) is 2. The van der Waals surface area contributed by atoms with Crippen molar-refractivity contribution in [3.8, 4) is 23.0 Å². The van der Waals surface area contributed by atoms with Crippen LogP contribution in [0.5, 0.6) is 23.0 Å². The lowest BCUT2D eigenvalue weighted by Gasteiger charge is -2.34. The Balaban J connectivity index is 1.81.